The van der Waals surface area contributed by atoms with Gasteiger partial charge in [-0.15, -0.1) is 0 Å². The van der Waals surface area contributed by atoms with E-state index in [1.807, 2.05) is 0 Å². The summed E-state index contributed by atoms with van der Waals surface area (Å²) in [5, 5.41) is 21.1. The van der Waals surface area contributed by atoms with E-state index in [0.29, 0.717) is 18.5 Å². The summed E-state index contributed by atoms with van der Waals surface area (Å²) < 4.78 is 13.9. The molecule has 1 aliphatic heterocycles. The van der Waals surface area contributed by atoms with Crippen LogP contribution in [0.25, 0.3) is 0 Å². The average molecular weight is 304 g/mol. The van der Waals surface area contributed by atoms with Crippen LogP contribution in [0.1, 0.15) is 18.0 Å². The predicted octanol–water partition coefficient (Wildman–Crippen LogP) is 2.03. The van der Waals surface area contributed by atoms with Crippen LogP contribution in [0.15, 0.2) is 16.6 Å². The molecule has 0 spiro atoms. The highest BCUT2D eigenvalue weighted by molar-refractivity contribution is 9.10. The lowest BCUT2D eigenvalue weighted by atomic mass is 9.99. The fourth-order valence-corrected chi connectivity index (χ4v) is 2.35. The van der Waals surface area contributed by atoms with Crippen molar-refractivity contribution in [1.29, 1.82) is 0 Å². The third-order valence-corrected chi connectivity index (χ3v) is 3.70. The number of nitrogens with one attached hydrogen (secondary N) is 1. The molecule has 1 heterocycles. The highest BCUT2D eigenvalue weighted by Crippen LogP contribution is 2.35. The highest BCUT2D eigenvalue weighted by Gasteiger charge is 2.32. The number of carboxylic acids is 1. The van der Waals surface area contributed by atoms with Crippen molar-refractivity contribution >= 4 is 21.9 Å². The maximum atomic E-state index is 13.8. The molecule has 1 fully saturated rings. The number of aromatic hydroxyl groups is 1. The second kappa shape index (κ2) is 4.62. The van der Waals surface area contributed by atoms with Crippen molar-refractivity contribution in [1.82, 2.24) is 5.32 Å². The van der Waals surface area contributed by atoms with Gasteiger partial charge in [-0.05, 0) is 28.4 Å². The molecule has 92 valence electrons. The summed E-state index contributed by atoms with van der Waals surface area (Å²) in [4.78, 5) is 10.8. The maximum Gasteiger partial charge on any atom is 0.307 e. The lowest BCUT2D eigenvalue weighted by molar-refractivity contribution is -0.141. The summed E-state index contributed by atoms with van der Waals surface area (Å²) in [6.07, 6.45) is 0.351. The molecule has 0 radical (unpaired) electrons. The van der Waals surface area contributed by atoms with Crippen molar-refractivity contribution in [2.24, 2.45) is 5.92 Å². The summed E-state index contributed by atoms with van der Waals surface area (Å²) in [6.45, 7) is 0.331. The predicted molar refractivity (Wildman–Crippen MR) is 62.3 cm³/mol. The Kier molecular flexibility index (Phi) is 3.35. The number of carboxylic acid groups (broad SMARTS) is 1. The average Bonchev–Trinajstić information content (AvgIpc) is 2.75. The number of rotatable bonds is 2. The molecule has 3 N–H and O–H groups in total. The lowest BCUT2D eigenvalue weighted by Gasteiger charge is -2.13. The first-order valence-electron chi connectivity index (χ1n) is 5.13. The quantitative estimate of drug-likeness (QED) is 0.782. The fraction of sp³-hybridized carbons (Fsp3) is 0.364. The molecule has 2 unspecified atom stereocenters. The van der Waals surface area contributed by atoms with Crippen LogP contribution in [-0.4, -0.2) is 22.7 Å². The Balaban J connectivity index is 2.25. The van der Waals surface area contributed by atoms with Crippen LogP contribution in [0.2, 0.25) is 0 Å². The number of carbonyl (C=O) groups is 1. The van der Waals surface area contributed by atoms with Crippen LogP contribution in [0.4, 0.5) is 4.39 Å². The minimum absolute atomic E-state index is 0.00979. The Morgan fingerprint density at radius 1 is 1.53 bits per heavy atom. The molecular weight excluding hydrogens is 293 g/mol. The Morgan fingerprint density at radius 3 is 2.82 bits per heavy atom. The van der Waals surface area contributed by atoms with Crippen molar-refractivity contribution in [2.45, 2.75) is 12.5 Å². The number of hydrogen-bond donors (Lipinski definition) is 3. The summed E-state index contributed by atoms with van der Waals surface area (Å²) in [7, 11) is 0. The zero-order valence-electron chi connectivity index (χ0n) is 8.78. The van der Waals surface area contributed by atoms with Crippen LogP contribution in [-0.2, 0) is 4.79 Å². The van der Waals surface area contributed by atoms with Gasteiger partial charge in [-0.1, -0.05) is 6.07 Å². The first kappa shape index (κ1) is 12.3. The highest BCUT2D eigenvalue weighted by atomic mass is 79.9. The van der Waals surface area contributed by atoms with Crippen LogP contribution < -0.4 is 5.32 Å². The third-order valence-electron chi connectivity index (χ3n) is 2.95. The van der Waals surface area contributed by atoms with Gasteiger partial charge in [0.05, 0.1) is 10.4 Å². The third kappa shape index (κ3) is 2.28. The Morgan fingerprint density at radius 2 is 2.24 bits per heavy atom. The van der Waals surface area contributed by atoms with Crippen LogP contribution in [0, 0.1) is 11.7 Å². The van der Waals surface area contributed by atoms with E-state index in [1.54, 1.807) is 0 Å². The van der Waals surface area contributed by atoms with Gasteiger partial charge in [-0.3, -0.25) is 4.79 Å². The number of phenols is 1. The van der Waals surface area contributed by atoms with Gasteiger partial charge < -0.3 is 15.5 Å². The number of phenolic OH excluding ortho intramolecular Hbond substituents is 1. The SMILES string of the molecule is O=C(O)C1CNC(c2ccc(O)c(Br)c2F)C1. The molecular formula is C11H11BrFNO3. The van der Waals surface area contributed by atoms with E-state index in [-0.39, 0.29) is 16.3 Å². The minimum Gasteiger partial charge on any atom is -0.507 e. The van der Waals surface area contributed by atoms with Gasteiger partial charge in [0, 0.05) is 18.2 Å². The van der Waals surface area contributed by atoms with E-state index in [9.17, 15) is 14.3 Å². The Hall–Kier alpha value is -1.14. The van der Waals surface area contributed by atoms with Crippen molar-refractivity contribution in [2.75, 3.05) is 6.54 Å². The topological polar surface area (TPSA) is 69.6 Å². The van der Waals surface area contributed by atoms with Gasteiger partial charge in [-0.25, -0.2) is 4.39 Å². The minimum atomic E-state index is -0.877. The molecule has 17 heavy (non-hydrogen) atoms. The van der Waals surface area contributed by atoms with E-state index in [4.69, 9.17) is 5.11 Å². The summed E-state index contributed by atoms with van der Waals surface area (Å²) in [5.41, 5.74) is 0.374. The largest absolute Gasteiger partial charge is 0.507 e. The van der Waals surface area contributed by atoms with Gasteiger partial charge in [-0.2, -0.15) is 0 Å². The van der Waals surface area contributed by atoms with E-state index >= 15 is 0 Å². The molecule has 0 aliphatic carbocycles. The molecule has 2 atom stereocenters. The van der Waals surface area contributed by atoms with E-state index < -0.39 is 17.7 Å². The monoisotopic (exact) mass is 303 g/mol. The molecule has 4 nitrogen and oxygen atoms in total. The fourth-order valence-electron chi connectivity index (χ4n) is 1.98. The number of benzene rings is 1. The number of hydrogen-bond acceptors (Lipinski definition) is 3. The molecule has 1 aliphatic rings. The second-order valence-electron chi connectivity index (χ2n) is 4.03. The zero-order chi connectivity index (χ0) is 12.6. The maximum absolute atomic E-state index is 13.8. The second-order valence-corrected chi connectivity index (χ2v) is 4.83. The van der Waals surface area contributed by atoms with E-state index in [0.717, 1.165) is 0 Å². The summed E-state index contributed by atoms with van der Waals surface area (Å²) in [5.74, 6) is -2.09. The zero-order valence-corrected chi connectivity index (χ0v) is 10.4. The normalized spacial score (nSPS) is 23.9. The standard InChI is InChI=1S/C11H11BrFNO3/c12-9-8(15)2-1-6(10(9)13)7-3-5(4-14-7)11(16)17/h1-2,5,7,14-15H,3-4H2,(H,16,17). The molecule has 0 saturated carbocycles. The van der Waals surface area contributed by atoms with Gasteiger partial charge in [0.15, 0.2) is 0 Å². The van der Waals surface area contributed by atoms with Gasteiger partial charge >= 0.3 is 5.97 Å². The van der Waals surface area contributed by atoms with Crippen molar-refractivity contribution < 1.29 is 19.4 Å². The number of halogens is 2. The van der Waals surface area contributed by atoms with E-state index in [1.165, 1.54) is 12.1 Å². The molecule has 2 rings (SSSR count). The van der Waals surface area contributed by atoms with Gasteiger partial charge in [0.25, 0.3) is 0 Å². The van der Waals surface area contributed by atoms with Gasteiger partial charge in [0.1, 0.15) is 11.6 Å². The van der Waals surface area contributed by atoms with Crippen molar-refractivity contribution in [3.63, 3.8) is 0 Å². The molecule has 6 heteroatoms. The Bertz CT molecular complexity index is 466. The molecule has 0 amide bonds. The first-order valence-corrected chi connectivity index (χ1v) is 5.93. The Labute approximate surface area is 106 Å². The van der Waals surface area contributed by atoms with Crippen LogP contribution in [0.5, 0.6) is 5.75 Å². The molecule has 1 saturated heterocycles. The smallest absolute Gasteiger partial charge is 0.307 e. The molecule has 0 bridgehead atoms. The summed E-state index contributed by atoms with van der Waals surface area (Å²) in [6, 6.07) is 2.53. The van der Waals surface area contributed by atoms with E-state index in [2.05, 4.69) is 21.2 Å². The van der Waals surface area contributed by atoms with Gasteiger partial charge in [0.2, 0.25) is 0 Å². The first-order chi connectivity index (χ1) is 8.00. The molecule has 1 aromatic rings. The van der Waals surface area contributed by atoms with Crippen molar-refractivity contribution in [3.8, 4) is 5.75 Å². The molecule has 0 aromatic heterocycles. The lowest BCUT2D eigenvalue weighted by Crippen LogP contribution is -2.17. The van der Waals surface area contributed by atoms with Crippen molar-refractivity contribution in [3.05, 3.63) is 28.0 Å². The summed E-state index contributed by atoms with van der Waals surface area (Å²) >= 11 is 2.95. The molecule has 1 aromatic carbocycles. The number of aliphatic carboxylic acids is 1. The van der Waals surface area contributed by atoms with Crippen LogP contribution in [0.3, 0.4) is 0 Å². The van der Waals surface area contributed by atoms with Crippen LogP contribution >= 0.6 is 15.9 Å².